The molecule has 0 fully saturated rings. The molecule has 0 aliphatic rings. The van der Waals surface area contributed by atoms with Crippen molar-refractivity contribution >= 4 is 42.8 Å². The number of rotatable bonds is 4. The molecule has 0 atom stereocenters. The largest absolute Gasteiger partial charge is 0.417 e. The molecule has 0 aromatic heterocycles. The lowest BCUT2D eigenvalue weighted by molar-refractivity contribution is -0.140. The fraction of sp³-hybridized carbons (Fsp3) is 0.294. The number of halogens is 7. The van der Waals surface area contributed by atoms with Crippen LogP contribution >= 0.6 is 22.6 Å². The van der Waals surface area contributed by atoms with Crippen LogP contribution in [-0.2, 0) is 36.8 Å². The van der Waals surface area contributed by atoms with Crippen molar-refractivity contribution in [3.63, 3.8) is 0 Å². The molecule has 0 unspecified atom stereocenters. The van der Waals surface area contributed by atoms with Crippen LogP contribution < -0.4 is 0 Å². The lowest BCUT2D eigenvalue weighted by atomic mass is 10.2. The van der Waals surface area contributed by atoms with Gasteiger partial charge in [0.15, 0.2) is 0 Å². The summed E-state index contributed by atoms with van der Waals surface area (Å²) < 4.78 is 133. The van der Waals surface area contributed by atoms with Crippen molar-refractivity contribution in [2.45, 2.75) is 42.1 Å². The molecule has 0 heterocycles. The third-order valence-corrected chi connectivity index (χ3v) is 7.06. The van der Waals surface area contributed by atoms with E-state index in [1.54, 1.807) is 0 Å². The van der Waals surface area contributed by atoms with E-state index in [1.807, 2.05) is 0 Å². The first-order chi connectivity index (χ1) is 14.3. The van der Waals surface area contributed by atoms with Crippen LogP contribution in [0, 0.1) is 3.57 Å². The van der Waals surface area contributed by atoms with Gasteiger partial charge in [0.1, 0.15) is 9.79 Å². The average molecular weight is 620 g/mol. The van der Waals surface area contributed by atoms with E-state index < -0.39 is 59.6 Å². The molecule has 1 N–H and O–H groups in total. The summed E-state index contributed by atoms with van der Waals surface area (Å²) in [5.41, 5.74) is -2.59. The molecule has 0 amide bonds. The monoisotopic (exact) mass is 620 g/mol. The minimum Gasteiger partial charge on any atom is -0.282 e. The van der Waals surface area contributed by atoms with Crippen molar-refractivity contribution in [1.29, 1.82) is 0 Å². The van der Waals surface area contributed by atoms with Crippen LogP contribution in [0.1, 0.15) is 25.0 Å². The predicted molar refractivity (Wildman–Crippen MR) is 109 cm³/mol. The van der Waals surface area contributed by atoms with Gasteiger partial charge in [-0.2, -0.15) is 43.2 Å². The molecule has 0 saturated carbocycles. The van der Waals surface area contributed by atoms with Crippen molar-refractivity contribution in [2.75, 3.05) is 0 Å². The highest BCUT2D eigenvalue weighted by Crippen LogP contribution is 2.36. The fourth-order valence-corrected chi connectivity index (χ4v) is 5.64. The van der Waals surface area contributed by atoms with E-state index in [4.69, 9.17) is 4.55 Å². The van der Waals surface area contributed by atoms with E-state index in [-0.39, 0.29) is 3.57 Å². The summed E-state index contributed by atoms with van der Waals surface area (Å²) in [7, 11) is -9.27. The van der Waals surface area contributed by atoms with E-state index in [2.05, 4.69) is 4.18 Å². The van der Waals surface area contributed by atoms with Crippen molar-refractivity contribution < 1.29 is 51.9 Å². The number of hydrogen-bond acceptors (Lipinski definition) is 5. The van der Waals surface area contributed by atoms with Gasteiger partial charge in [-0.05, 0) is 60.7 Å². The molecular formula is C17H15F6IO6S2. The molecule has 0 aliphatic heterocycles. The summed E-state index contributed by atoms with van der Waals surface area (Å²) >= 11 is 1.41. The Bertz CT molecular complexity index is 1160. The van der Waals surface area contributed by atoms with Crippen LogP contribution in [0.2, 0.25) is 0 Å². The van der Waals surface area contributed by atoms with E-state index in [0.717, 1.165) is 18.2 Å². The van der Waals surface area contributed by atoms with Crippen LogP contribution in [0.5, 0.6) is 0 Å². The predicted octanol–water partition coefficient (Wildman–Crippen LogP) is 5.38. The molecule has 0 radical (unpaired) electrons. The summed E-state index contributed by atoms with van der Waals surface area (Å²) in [5, 5.41) is 0. The van der Waals surface area contributed by atoms with Crippen LogP contribution in [0.25, 0.3) is 0 Å². The Balaban J connectivity index is 0.000000323. The maximum absolute atomic E-state index is 12.6. The quantitative estimate of drug-likeness (QED) is 0.214. The molecule has 32 heavy (non-hydrogen) atoms. The second kappa shape index (κ2) is 10.2. The van der Waals surface area contributed by atoms with Crippen LogP contribution in [0.4, 0.5) is 26.3 Å². The van der Waals surface area contributed by atoms with Gasteiger partial charge in [0.05, 0.1) is 17.2 Å². The second-order valence-electron chi connectivity index (χ2n) is 6.18. The maximum Gasteiger partial charge on any atom is 0.417 e. The second-order valence-corrected chi connectivity index (χ2v) is 10.2. The third kappa shape index (κ3) is 7.86. The van der Waals surface area contributed by atoms with Gasteiger partial charge in [-0.15, -0.1) is 0 Å². The first-order valence-corrected chi connectivity index (χ1v) is 12.1. The Morgan fingerprint density at radius 3 is 1.72 bits per heavy atom. The molecule has 15 heteroatoms. The molecule has 180 valence electrons. The Kier molecular flexibility index (Phi) is 9.15. The van der Waals surface area contributed by atoms with Gasteiger partial charge >= 0.3 is 12.4 Å². The Hall–Kier alpha value is -1.43. The average Bonchev–Trinajstić information content (AvgIpc) is 2.58. The highest BCUT2D eigenvalue weighted by atomic mass is 127. The molecule has 0 bridgehead atoms. The summed E-state index contributed by atoms with van der Waals surface area (Å²) in [6, 6.07) is 6.75. The van der Waals surface area contributed by atoms with E-state index in [1.165, 1.54) is 48.6 Å². The lowest BCUT2D eigenvalue weighted by Crippen LogP contribution is -2.17. The highest BCUT2D eigenvalue weighted by molar-refractivity contribution is 14.1. The lowest BCUT2D eigenvalue weighted by Gasteiger charge is -2.14. The Labute approximate surface area is 193 Å². The normalized spacial score (nSPS) is 13.0. The Morgan fingerprint density at radius 2 is 1.31 bits per heavy atom. The van der Waals surface area contributed by atoms with Crippen molar-refractivity contribution in [3.8, 4) is 0 Å². The maximum atomic E-state index is 12.6. The minimum absolute atomic E-state index is 0.176. The zero-order valence-corrected chi connectivity index (χ0v) is 19.9. The van der Waals surface area contributed by atoms with E-state index in [9.17, 15) is 43.2 Å². The van der Waals surface area contributed by atoms with Gasteiger partial charge in [0.25, 0.3) is 20.2 Å². The van der Waals surface area contributed by atoms with Gasteiger partial charge in [-0.1, -0.05) is 18.2 Å². The van der Waals surface area contributed by atoms with Crippen LogP contribution in [0.3, 0.4) is 0 Å². The molecule has 0 saturated heterocycles. The van der Waals surface area contributed by atoms with Gasteiger partial charge < -0.3 is 0 Å². The zero-order valence-electron chi connectivity index (χ0n) is 16.1. The first-order valence-electron chi connectivity index (χ1n) is 8.21. The fourth-order valence-electron chi connectivity index (χ4n) is 2.22. The van der Waals surface area contributed by atoms with Crippen molar-refractivity contribution in [2.24, 2.45) is 0 Å². The number of alkyl halides is 6. The standard InChI is InChI=1S/C10H11F3O3S.C7H4F3IO3S/c1-7(2)16-17(14,15)9-6-4-3-5-8(9)10(11,12)13;8-7(9,10)4-2-1-3-5(11)6(4)15(12,13)14/h3-7H,1-2H3;1-3H,(H,12,13,14). The molecule has 2 rings (SSSR count). The number of benzene rings is 2. The van der Waals surface area contributed by atoms with Crippen LogP contribution in [-0.4, -0.2) is 27.5 Å². The van der Waals surface area contributed by atoms with Gasteiger partial charge in [0, 0.05) is 3.57 Å². The molecule has 0 spiro atoms. The van der Waals surface area contributed by atoms with Crippen molar-refractivity contribution in [1.82, 2.24) is 0 Å². The smallest absolute Gasteiger partial charge is 0.282 e. The SMILES string of the molecule is CC(C)OS(=O)(=O)c1ccccc1C(F)(F)F.O=S(=O)(O)c1c(I)cccc1C(F)(F)F. The molecule has 6 nitrogen and oxygen atoms in total. The summed E-state index contributed by atoms with van der Waals surface area (Å²) in [6.07, 6.45) is -10.3. The Morgan fingerprint density at radius 1 is 0.844 bits per heavy atom. The van der Waals surface area contributed by atoms with Gasteiger partial charge in [0.2, 0.25) is 0 Å². The summed E-state index contributed by atoms with van der Waals surface area (Å²) in [5.74, 6) is 0. The third-order valence-electron chi connectivity index (χ3n) is 3.31. The minimum atomic E-state index is -4.87. The highest BCUT2D eigenvalue weighted by Gasteiger charge is 2.38. The van der Waals surface area contributed by atoms with Crippen molar-refractivity contribution in [3.05, 3.63) is 57.2 Å². The molecule has 2 aromatic rings. The van der Waals surface area contributed by atoms with E-state index in [0.29, 0.717) is 12.1 Å². The molecule has 0 aliphatic carbocycles. The molecular weight excluding hydrogens is 605 g/mol. The zero-order chi connectivity index (χ0) is 25.1. The van der Waals surface area contributed by atoms with Gasteiger partial charge in [-0.3, -0.25) is 8.74 Å². The molecule has 2 aromatic carbocycles. The van der Waals surface area contributed by atoms with Gasteiger partial charge in [-0.25, -0.2) is 0 Å². The topological polar surface area (TPSA) is 97.7 Å². The number of hydrogen-bond donors (Lipinski definition) is 1. The first kappa shape index (κ1) is 28.6. The van der Waals surface area contributed by atoms with E-state index >= 15 is 0 Å². The van der Waals surface area contributed by atoms with Crippen LogP contribution in [0.15, 0.2) is 52.3 Å². The summed E-state index contributed by atoms with van der Waals surface area (Å²) in [6.45, 7) is 2.85. The summed E-state index contributed by atoms with van der Waals surface area (Å²) in [4.78, 5) is -1.96.